The third-order valence-electron chi connectivity index (χ3n) is 10.4. The molecular formula is C48H54O11. The van der Waals surface area contributed by atoms with Crippen molar-refractivity contribution >= 4 is 0 Å². The lowest BCUT2D eigenvalue weighted by atomic mass is 9.97. The maximum absolute atomic E-state index is 11.6. The fourth-order valence-corrected chi connectivity index (χ4v) is 7.28. The van der Waals surface area contributed by atoms with Crippen LogP contribution in [-0.2, 0) is 75.7 Å². The van der Waals surface area contributed by atoms with Crippen LogP contribution in [0.25, 0.3) is 0 Å². The zero-order valence-electron chi connectivity index (χ0n) is 33.2. The van der Waals surface area contributed by atoms with Gasteiger partial charge in [-0.15, -0.1) is 0 Å². The lowest BCUT2D eigenvalue weighted by Gasteiger charge is -2.46. The van der Waals surface area contributed by atoms with Crippen molar-refractivity contribution in [3.63, 3.8) is 0 Å². The smallest absolute Gasteiger partial charge is 0.186 e. The molecule has 0 radical (unpaired) electrons. The van der Waals surface area contributed by atoms with Gasteiger partial charge in [-0.3, -0.25) is 0 Å². The van der Waals surface area contributed by atoms with E-state index in [4.69, 9.17) is 42.6 Å². The minimum atomic E-state index is -1.46. The molecule has 59 heavy (non-hydrogen) atoms. The van der Waals surface area contributed by atoms with Gasteiger partial charge in [0.2, 0.25) is 0 Å². The molecule has 5 aromatic carbocycles. The Morgan fingerprint density at radius 1 is 0.390 bits per heavy atom. The first-order valence-electron chi connectivity index (χ1n) is 20.1. The molecule has 0 spiro atoms. The molecule has 0 bridgehead atoms. The van der Waals surface area contributed by atoms with Crippen molar-refractivity contribution in [3.8, 4) is 0 Å². The summed E-state index contributed by atoms with van der Waals surface area (Å²) in [5.74, 6) is 0. The highest BCUT2D eigenvalue weighted by Gasteiger charge is 2.51. The van der Waals surface area contributed by atoms with Crippen LogP contribution in [0.5, 0.6) is 0 Å². The van der Waals surface area contributed by atoms with E-state index in [1.54, 1.807) is 7.11 Å². The standard InChI is InChI=1S/C48H54O11/c1-51-48-46(56-31-38-25-15-6-16-26-38)45(55-30-37-23-13-5-14-24-37)44(54-29-36-21-11-4-12-22-36)40(59-48)33-57-47-42(50)41(49)43(53-28-35-19-9-3-10-20-35)39(58-47)32-52-27-34-17-7-2-8-18-34/h2-26,39-50H,27-33H2,1H3/t39-,40-,41-,42-,43-,44-,45+,46-,47-,48+/m1/s1. The van der Waals surface area contributed by atoms with E-state index in [-0.39, 0.29) is 39.6 Å². The van der Waals surface area contributed by atoms with E-state index >= 15 is 0 Å². The molecule has 0 amide bonds. The van der Waals surface area contributed by atoms with Crippen LogP contribution >= 0.6 is 0 Å². The molecule has 0 aromatic heterocycles. The van der Waals surface area contributed by atoms with E-state index in [1.165, 1.54) is 0 Å². The van der Waals surface area contributed by atoms with Crippen LogP contribution in [-0.4, -0.2) is 91.9 Å². The lowest BCUT2D eigenvalue weighted by molar-refractivity contribution is -0.344. The molecule has 0 unspecified atom stereocenters. The highest BCUT2D eigenvalue weighted by atomic mass is 16.7. The third-order valence-corrected chi connectivity index (χ3v) is 10.4. The molecule has 312 valence electrons. The molecule has 2 saturated heterocycles. The molecule has 11 heteroatoms. The van der Waals surface area contributed by atoms with Crippen LogP contribution in [0.3, 0.4) is 0 Å². The molecule has 11 nitrogen and oxygen atoms in total. The average molecular weight is 807 g/mol. The SMILES string of the molecule is CO[C@H]1O[C@H](CO[C@@H]2O[C@H](COCc3ccccc3)[C@@H](OCc3ccccc3)[C@H](O)[C@H]2O)[C@@H](OCc2ccccc2)[C@H](OCc2ccccc2)[C@H]1OCc1ccccc1. The zero-order valence-corrected chi connectivity index (χ0v) is 33.2. The number of aliphatic hydroxyl groups is 2. The van der Waals surface area contributed by atoms with Gasteiger partial charge in [-0.25, -0.2) is 0 Å². The van der Waals surface area contributed by atoms with Crippen molar-refractivity contribution in [2.24, 2.45) is 0 Å². The Morgan fingerprint density at radius 2 is 0.763 bits per heavy atom. The molecule has 5 aromatic rings. The van der Waals surface area contributed by atoms with Gasteiger partial charge in [-0.05, 0) is 27.8 Å². The summed E-state index contributed by atoms with van der Waals surface area (Å²) in [5, 5.41) is 23.0. The second kappa shape index (κ2) is 22.3. The first-order valence-corrected chi connectivity index (χ1v) is 20.1. The molecule has 0 saturated carbocycles. The molecule has 2 fully saturated rings. The monoisotopic (exact) mass is 806 g/mol. The van der Waals surface area contributed by atoms with Gasteiger partial charge >= 0.3 is 0 Å². The highest BCUT2D eigenvalue weighted by molar-refractivity contribution is 5.17. The molecule has 2 aliphatic rings. The molecule has 7 rings (SSSR count). The topological polar surface area (TPSA) is 124 Å². The molecule has 0 aliphatic carbocycles. The first-order chi connectivity index (χ1) is 29.1. The Hall–Kier alpha value is -4.34. The Balaban J connectivity index is 1.11. The van der Waals surface area contributed by atoms with Gasteiger partial charge in [0.15, 0.2) is 12.6 Å². The predicted octanol–water partition coefficient (Wildman–Crippen LogP) is 6.38. The van der Waals surface area contributed by atoms with Crippen molar-refractivity contribution < 1.29 is 52.8 Å². The Bertz CT molecular complexity index is 1890. The zero-order chi connectivity index (χ0) is 40.7. The third kappa shape index (κ3) is 12.1. The summed E-state index contributed by atoms with van der Waals surface area (Å²) in [7, 11) is 1.56. The van der Waals surface area contributed by atoms with Gasteiger partial charge in [0.1, 0.15) is 48.8 Å². The molecule has 10 atom stereocenters. The molecule has 2 N–H and O–H groups in total. The average Bonchev–Trinajstić information content (AvgIpc) is 3.29. The van der Waals surface area contributed by atoms with Crippen LogP contribution in [0.4, 0.5) is 0 Å². The normalized spacial score (nSPS) is 27.0. The summed E-state index contributed by atoms with van der Waals surface area (Å²) in [5.41, 5.74) is 4.81. The van der Waals surface area contributed by atoms with Gasteiger partial charge < -0.3 is 52.8 Å². The predicted molar refractivity (Wildman–Crippen MR) is 218 cm³/mol. The largest absolute Gasteiger partial charge is 0.387 e. The summed E-state index contributed by atoms with van der Waals surface area (Å²) in [6, 6.07) is 49.0. The summed E-state index contributed by atoms with van der Waals surface area (Å²) in [6.45, 7) is 1.29. The lowest BCUT2D eigenvalue weighted by Crippen LogP contribution is -2.63. The van der Waals surface area contributed by atoms with Gasteiger partial charge in [0, 0.05) is 7.11 Å². The van der Waals surface area contributed by atoms with E-state index in [1.807, 2.05) is 152 Å². The van der Waals surface area contributed by atoms with Crippen molar-refractivity contribution in [1.82, 2.24) is 0 Å². The maximum Gasteiger partial charge on any atom is 0.186 e. The van der Waals surface area contributed by atoms with Crippen LogP contribution in [0.1, 0.15) is 27.8 Å². The highest BCUT2D eigenvalue weighted by Crippen LogP contribution is 2.33. The van der Waals surface area contributed by atoms with Gasteiger partial charge in [0.25, 0.3) is 0 Å². The van der Waals surface area contributed by atoms with Crippen LogP contribution in [0.2, 0.25) is 0 Å². The van der Waals surface area contributed by atoms with Gasteiger partial charge in [-0.2, -0.15) is 0 Å². The summed E-state index contributed by atoms with van der Waals surface area (Å²) < 4.78 is 57.5. The van der Waals surface area contributed by atoms with Crippen LogP contribution < -0.4 is 0 Å². The summed E-state index contributed by atoms with van der Waals surface area (Å²) in [6.07, 6.45) is -9.55. The minimum Gasteiger partial charge on any atom is -0.387 e. The second-order valence-electron chi connectivity index (χ2n) is 14.7. The first kappa shape index (κ1) is 42.8. The summed E-state index contributed by atoms with van der Waals surface area (Å²) in [4.78, 5) is 0. The maximum atomic E-state index is 11.6. The number of hydrogen-bond acceptors (Lipinski definition) is 11. The number of hydrogen-bond donors (Lipinski definition) is 2. The van der Waals surface area contributed by atoms with Crippen molar-refractivity contribution in [3.05, 3.63) is 179 Å². The van der Waals surface area contributed by atoms with E-state index < -0.39 is 61.4 Å². The van der Waals surface area contributed by atoms with E-state index in [2.05, 4.69) is 0 Å². The van der Waals surface area contributed by atoms with Gasteiger partial charge in [0.05, 0.1) is 46.2 Å². The fourth-order valence-electron chi connectivity index (χ4n) is 7.28. The Kier molecular flexibility index (Phi) is 16.2. The molecule has 2 aliphatic heterocycles. The van der Waals surface area contributed by atoms with E-state index in [0.29, 0.717) is 6.61 Å². The van der Waals surface area contributed by atoms with E-state index in [9.17, 15) is 10.2 Å². The number of rotatable bonds is 20. The van der Waals surface area contributed by atoms with Crippen LogP contribution in [0.15, 0.2) is 152 Å². The van der Waals surface area contributed by atoms with Crippen LogP contribution in [0, 0.1) is 0 Å². The number of ether oxygens (including phenoxy) is 9. The Morgan fingerprint density at radius 3 is 1.22 bits per heavy atom. The van der Waals surface area contributed by atoms with Crippen molar-refractivity contribution in [1.29, 1.82) is 0 Å². The fraction of sp³-hybridized carbons (Fsp3) is 0.375. The number of aliphatic hydroxyl groups excluding tert-OH is 2. The molecule has 2 heterocycles. The molecular weight excluding hydrogens is 753 g/mol. The van der Waals surface area contributed by atoms with Gasteiger partial charge in [-0.1, -0.05) is 152 Å². The van der Waals surface area contributed by atoms with E-state index in [0.717, 1.165) is 27.8 Å². The number of methoxy groups -OCH3 is 1. The van der Waals surface area contributed by atoms with Crippen molar-refractivity contribution in [2.45, 2.75) is 94.4 Å². The minimum absolute atomic E-state index is 0.0717. The Labute approximate surface area is 346 Å². The number of benzene rings is 5. The quantitative estimate of drug-likeness (QED) is 0.0912. The summed E-state index contributed by atoms with van der Waals surface area (Å²) >= 11 is 0. The second-order valence-corrected chi connectivity index (χ2v) is 14.7. The van der Waals surface area contributed by atoms with Crippen molar-refractivity contribution in [2.75, 3.05) is 20.3 Å².